The fourth-order valence-electron chi connectivity index (χ4n) is 6.02. The topological polar surface area (TPSA) is 38.2 Å². The van der Waals surface area contributed by atoms with Crippen LogP contribution in [0.15, 0.2) is 78.9 Å². The Bertz CT molecular complexity index is 1420. The fourth-order valence-corrected chi connectivity index (χ4v) is 6.34. The van der Waals surface area contributed by atoms with Gasteiger partial charge in [0.25, 0.3) is 5.17 Å². The average molecular weight is 494 g/mol. The summed E-state index contributed by atoms with van der Waals surface area (Å²) >= 11 is 5.81. The van der Waals surface area contributed by atoms with Crippen molar-refractivity contribution in [2.24, 2.45) is 17.3 Å². The first kappa shape index (κ1) is 23.1. The Kier molecular flexibility index (Phi) is 5.76. The van der Waals surface area contributed by atoms with Crippen LogP contribution in [0.2, 0.25) is 0 Å². The normalized spacial score (nSPS) is 22.5. The standard InChI is InChI=1S/C31H31N3OS/c1-20-23-16-24(18-31(20,2)3)34(19-23)30(36)35-25-14-15-26-27(17-25)33-29(22-12-8-5-9-13-22)28(32-26)21-10-6-4-7-11-21/h4-15,17,20,23-24H,16,18-19H2,1-3H3/t20-,23-,24-/m0/s1. The molecule has 2 bridgehead atoms. The van der Waals surface area contributed by atoms with Gasteiger partial charge in [-0.15, -0.1) is 0 Å². The highest BCUT2D eigenvalue weighted by atomic mass is 32.1. The van der Waals surface area contributed by atoms with E-state index in [0.29, 0.717) is 34.2 Å². The van der Waals surface area contributed by atoms with Gasteiger partial charge < -0.3 is 9.64 Å². The smallest absolute Gasteiger partial charge is 0.265 e. The number of hydrogen-bond acceptors (Lipinski definition) is 4. The van der Waals surface area contributed by atoms with Gasteiger partial charge in [0.2, 0.25) is 0 Å². The number of likely N-dealkylation sites (tertiary alicyclic amines) is 1. The summed E-state index contributed by atoms with van der Waals surface area (Å²) in [6.45, 7) is 8.16. The van der Waals surface area contributed by atoms with Crippen LogP contribution >= 0.6 is 12.2 Å². The van der Waals surface area contributed by atoms with Crippen molar-refractivity contribution in [2.45, 2.75) is 39.7 Å². The predicted octanol–water partition coefficient (Wildman–Crippen LogP) is 7.38. The molecule has 182 valence electrons. The van der Waals surface area contributed by atoms with Gasteiger partial charge in [0, 0.05) is 29.8 Å². The Morgan fingerprint density at radius 3 is 2.14 bits per heavy atom. The summed E-state index contributed by atoms with van der Waals surface area (Å²) in [5, 5.41) is 0.573. The van der Waals surface area contributed by atoms with Crippen LogP contribution in [0.4, 0.5) is 0 Å². The van der Waals surface area contributed by atoms with Crippen LogP contribution in [0, 0.1) is 17.3 Å². The molecule has 0 radical (unpaired) electrons. The van der Waals surface area contributed by atoms with Crippen molar-refractivity contribution in [2.75, 3.05) is 6.54 Å². The van der Waals surface area contributed by atoms with Gasteiger partial charge >= 0.3 is 0 Å². The maximum atomic E-state index is 6.27. The quantitative estimate of drug-likeness (QED) is 0.278. The summed E-state index contributed by atoms with van der Waals surface area (Å²) < 4.78 is 6.27. The molecule has 0 unspecified atom stereocenters. The number of ether oxygens (including phenoxy) is 1. The Hall–Kier alpha value is -3.31. The summed E-state index contributed by atoms with van der Waals surface area (Å²) in [5.41, 5.74) is 5.78. The van der Waals surface area contributed by atoms with E-state index in [2.05, 4.69) is 49.9 Å². The lowest BCUT2D eigenvalue weighted by Crippen LogP contribution is -2.40. The molecule has 0 amide bonds. The Labute approximate surface area is 218 Å². The molecule has 36 heavy (non-hydrogen) atoms. The zero-order valence-electron chi connectivity index (χ0n) is 21.0. The van der Waals surface area contributed by atoms with E-state index in [1.54, 1.807) is 0 Å². The van der Waals surface area contributed by atoms with Crippen molar-refractivity contribution in [1.82, 2.24) is 14.9 Å². The largest absolute Gasteiger partial charge is 0.432 e. The molecule has 1 aliphatic heterocycles. The summed E-state index contributed by atoms with van der Waals surface area (Å²) in [4.78, 5) is 12.4. The van der Waals surface area contributed by atoms with Gasteiger partial charge in [0.1, 0.15) is 5.75 Å². The van der Waals surface area contributed by atoms with Crippen LogP contribution < -0.4 is 4.74 Å². The highest BCUT2D eigenvalue weighted by Gasteiger charge is 2.48. The first-order valence-corrected chi connectivity index (χ1v) is 13.2. The highest BCUT2D eigenvalue weighted by molar-refractivity contribution is 7.80. The molecule has 3 atom stereocenters. The van der Waals surface area contributed by atoms with Gasteiger partial charge in [-0.05, 0) is 54.4 Å². The molecule has 0 spiro atoms. The molecular formula is C31H31N3OS. The first-order chi connectivity index (χ1) is 17.4. The Morgan fingerprint density at radius 2 is 1.50 bits per heavy atom. The van der Waals surface area contributed by atoms with Gasteiger partial charge in [0.05, 0.1) is 22.4 Å². The SMILES string of the molecule is C[C@H]1[C@H]2C[C@@H](CC1(C)C)N(C(=S)Oc1ccc3nc(-c4ccccc4)c(-c4ccccc4)nc3c1)C2. The van der Waals surface area contributed by atoms with Gasteiger partial charge in [-0.25, -0.2) is 9.97 Å². The molecule has 5 heteroatoms. The van der Waals surface area contributed by atoms with Crippen molar-refractivity contribution in [3.05, 3.63) is 78.9 Å². The van der Waals surface area contributed by atoms with E-state index in [0.717, 1.165) is 46.5 Å². The third-order valence-corrected chi connectivity index (χ3v) is 8.64. The van der Waals surface area contributed by atoms with Gasteiger partial charge in [-0.1, -0.05) is 81.4 Å². The molecule has 0 N–H and O–H groups in total. The molecule has 2 aliphatic rings. The van der Waals surface area contributed by atoms with Gasteiger partial charge in [0.15, 0.2) is 0 Å². The van der Waals surface area contributed by atoms with Crippen LogP contribution in [0.5, 0.6) is 5.75 Å². The van der Waals surface area contributed by atoms with Gasteiger partial charge in [-0.2, -0.15) is 0 Å². The Morgan fingerprint density at radius 1 is 0.889 bits per heavy atom. The van der Waals surface area contributed by atoms with E-state index in [-0.39, 0.29) is 0 Å². The summed E-state index contributed by atoms with van der Waals surface area (Å²) in [6, 6.07) is 26.8. The fraction of sp³-hybridized carbons (Fsp3) is 0.323. The second-order valence-electron chi connectivity index (χ2n) is 11.0. The predicted molar refractivity (Wildman–Crippen MR) is 150 cm³/mol. The van der Waals surface area contributed by atoms with E-state index >= 15 is 0 Å². The molecule has 4 nitrogen and oxygen atoms in total. The van der Waals surface area contributed by atoms with Crippen molar-refractivity contribution in [3.63, 3.8) is 0 Å². The monoisotopic (exact) mass is 493 g/mol. The minimum absolute atomic E-state index is 0.334. The summed E-state index contributed by atoms with van der Waals surface area (Å²) in [5.74, 6) is 2.07. The van der Waals surface area contributed by atoms with Crippen molar-refractivity contribution >= 4 is 28.4 Å². The van der Waals surface area contributed by atoms with Crippen LogP contribution in [0.25, 0.3) is 33.5 Å². The van der Waals surface area contributed by atoms with E-state index in [4.69, 9.17) is 26.9 Å². The van der Waals surface area contributed by atoms with Crippen LogP contribution in [0.3, 0.4) is 0 Å². The zero-order valence-corrected chi connectivity index (χ0v) is 21.8. The lowest BCUT2D eigenvalue weighted by molar-refractivity contribution is 0.106. The molecule has 4 aromatic rings. The average Bonchev–Trinajstić information content (AvgIpc) is 3.27. The second kappa shape index (κ2) is 8.97. The maximum Gasteiger partial charge on any atom is 0.265 e. The number of nitrogens with zero attached hydrogens (tertiary/aromatic N) is 3. The summed E-state index contributed by atoms with van der Waals surface area (Å²) in [6.07, 6.45) is 2.36. The molecular weight excluding hydrogens is 462 g/mol. The minimum atomic E-state index is 0.334. The Balaban J connectivity index is 1.33. The molecule has 6 rings (SSSR count). The second-order valence-corrected chi connectivity index (χ2v) is 11.3. The van der Waals surface area contributed by atoms with Crippen molar-refractivity contribution in [1.29, 1.82) is 0 Å². The molecule has 3 aromatic carbocycles. The minimum Gasteiger partial charge on any atom is -0.432 e. The number of hydrogen-bond donors (Lipinski definition) is 0. The van der Waals surface area contributed by atoms with Gasteiger partial charge in [-0.3, -0.25) is 0 Å². The molecule has 1 aromatic heterocycles. The van der Waals surface area contributed by atoms with E-state index < -0.39 is 0 Å². The number of fused-ring (bicyclic) bond motifs is 3. The third kappa shape index (κ3) is 4.16. The highest BCUT2D eigenvalue weighted by Crippen LogP contribution is 2.49. The van der Waals surface area contributed by atoms with Crippen molar-refractivity contribution in [3.8, 4) is 28.3 Å². The van der Waals surface area contributed by atoms with Crippen LogP contribution in [-0.2, 0) is 0 Å². The summed E-state index contributed by atoms with van der Waals surface area (Å²) in [7, 11) is 0. The number of aromatic nitrogens is 2. The zero-order chi connectivity index (χ0) is 24.9. The van der Waals surface area contributed by atoms with Crippen LogP contribution in [-0.4, -0.2) is 32.6 Å². The lowest BCUT2D eigenvalue weighted by atomic mass is 9.65. The van der Waals surface area contributed by atoms with E-state index in [9.17, 15) is 0 Å². The third-order valence-electron chi connectivity index (χ3n) is 8.32. The number of thiocarbonyl (C=S) groups is 1. The lowest BCUT2D eigenvalue weighted by Gasteiger charge is -2.40. The number of benzene rings is 3. The van der Waals surface area contributed by atoms with Crippen molar-refractivity contribution < 1.29 is 4.74 Å². The number of rotatable bonds is 3. The van der Waals surface area contributed by atoms with Crippen LogP contribution in [0.1, 0.15) is 33.6 Å². The van der Waals surface area contributed by atoms with E-state index in [1.807, 2.05) is 54.6 Å². The molecule has 1 saturated carbocycles. The first-order valence-electron chi connectivity index (χ1n) is 12.8. The maximum absolute atomic E-state index is 6.27. The molecule has 1 aliphatic carbocycles. The molecule has 2 fully saturated rings. The van der Waals surface area contributed by atoms with E-state index in [1.165, 1.54) is 6.42 Å². The molecule has 1 saturated heterocycles. The molecule has 2 heterocycles.